The lowest BCUT2D eigenvalue weighted by molar-refractivity contribution is 0.766. The Kier molecular flexibility index (Phi) is 4.33. The second-order valence-corrected chi connectivity index (χ2v) is 4.57. The van der Waals surface area contributed by atoms with E-state index in [-0.39, 0.29) is 0 Å². The normalized spacial score (nSPS) is 10.5. The fourth-order valence-corrected chi connectivity index (χ4v) is 1.79. The van der Waals surface area contributed by atoms with Crippen LogP contribution in [-0.4, -0.2) is 33.3 Å². The molecule has 0 spiro atoms. The van der Waals surface area contributed by atoms with Crippen molar-refractivity contribution in [3.05, 3.63) is 30.4 Å². The summed E-state index contributed by atoms with van der Waals surface area (Å²) >= 11 is 0. The Bertz CT molecular complexity index is 521. The summed E-state index contributed by atoms with van der Waals surface area (Å²) in [5.41, 5.74) is 1.15. The van der Waals surface area contributed by atoms with Gasteiger partial charge in [-0.2, -0.15) is 5.10 Å². The molecule has 0 amide bonds. The molecule has 0 atom stereocenters. The second-order valence-electron chi connectivity index (χ2n) is 4.57. The summed E-state index contributed by atoms with van der Waals surface area (Å²) in [5.74, 6) is 1.67. The number of nitrogens with zero attached hydrogens (tertiary/aromatic N) is 5. The Hall–Kier alpha value is -2.11. The zero-order valence-corrected chi connectivity index (χ0v) is 11.7. The van der Waals surface area contributed by atoms with Crippen molar-refractivity contribution in [1.82, 2.24) is 19.7 Å². The summed E-state index contributed by atoms with van der Waals surface area (Å²) in [6, 6.07) is 0. The average molecular weight is 260 g/mol. The SMILES string of the molecule is CCCNc1cncc(N(C)Cc2cnn(C)c2)n1. The molecule has 0 saturated carbocycles. The van der Waals surface area contributed by atoms with Crippen molar-refractivity contribution in [2.24, 2.45) is 7.05 Å². The minimum atomic E-state index is 0.764. The summed E-state index contributed by atoms with van der Waals surface area (Å²) in [7, 11) is 3.92. The summed E-state index contributed by atoms with van der Waals surface area (Å²) in [5, 5.41) is 7.40. The van der Waals surface area contributed by atoms with E-state index in [2.05, 4.69) is 32.2 Å². The summed E-state index contributed by atoms with van der Waals surface area (Å²) in [4.78, 5) is 10.8. The van der Waals surface area contributed by atoms with E-state index in [0.29, 0.717) is 0 Å². The van der Waals surface area contributed by atoms with Gasteiger partial charge in [-0.3, -0.25) is 9.67 Å². The Morgan fingerprint density at radius 1 is 1.32 bits per heavy atom. The lowest BCUT2D eigenvalue weighted by Crippen LogP contribution is -2.18. The zero-order chi connectivity index (χ0) is 13.7. The van der Waals surface area contributed by atoms with Gasteiger partial charge in [-0.05, 0) is 6.42 Å². The zero-order valence-electron chi connectivity index (χ0n) is 11.7. The van der Waals surface area contributed by atoms with Crippen molar-refractivity contribution < 1.29 is 0 Å². The first-order valence-electron chi connectivity index (χ1n) is 6.43. The van der Waals surface area contributed by atoms with Gasteiger partial charge in [-0.1, -0.05) is 6.92 Å². The molecule has 0 unspecified atom stereocenters. The van der Waals surface area contributed by atoms with Crippen LogP contribution in [0, 0.1) is 0 Å². The molecule has 6 nitrogen and oxygen atoms in total. The van der Waals surface area contributed by atoms with Crippen molar-refractivity contribution in [2.45, 2.75) is 19.9 Å². The number of hydrogen-bond donors (Lipinski definition) is 1. The number of aryl methyl sites for hydroxylation is 1. The van der Waals surface area contributed by atoms with E-state index in [4.69, 9.17) is 0 Å². The molecule has 0 radical (unpaired) electrons. The first-order chi connectivity index (χ1) is 9.19. The van der Waals surface area contributed by atoms with Gasteiger partial charge in [0.25, 0.3) is 0 Å². The minimum absolute atomic E-state index is 0.764. The molecule has 0 aliphatic rings. The monoisotopic (exact) mass is 260 g/mol. The molecule has 102 valence electrons. The predicted octanol–water partition coefficient (Wildman–Crippen LogP) is 1.67. The van der Waals surface area contributed by atoms with Crippen molar-refractivity contribution in [3.8, 4) is 0 Å². The highest BCUT2D eigenvalue weighted by Crippen LogP contribution is 2.13. The van der Waals surface area contributed by atoms with Crippen LogP contribution < -0.4 is 10.2 Å². The van der Waals surface area contributed by atoms with E-state index in [1.54, 1.807) is 17.1 Å². The Morgan fingerprint density at radius 2 is 2.16 bits per heavy atom. The molecular weight excluding hydrogens is 240 g/mol. The van der Waals surface area contributed by atoms with Gasteiger partial charge in [0.15, 0.2) is 0 Å². The van der Waals surface area contributed by atoms with Gasteiger partial charge < -0.3 is 10.2 Å². The molecule has 0 saturated heterocycles. The van der Waals surface area contributed by atoms with Crippen LogP contribution in [0.3, 0.4) is 0 Å². The molecule has 0 bridgehead atoms. The average Bonchev–Trinajstić information content (AvgIpc) is 2.82. The van der Waals surface area contributed by atoms with E-state index in [1.807, 2.05) is 26.5 Å². The lowest BCUT2D eigenvalue weighted by Gasteiger charge is -2.17. The van der Waals surface area contributed by atoms with E-state index in [0.717, 1.165) is 36.7 Å². The van der Waals surface area contributed by atoms with Gasteiger partial charge in [0.05, 0.1) is 18.6 Å². The van der Waals surface area contributed by atoms with Gasteiger partial charge in [-0.25, -0.2) is 4.98 Å². The highest BCUT2D eigenvalue weighted by molar-refractivity contribution is 5.43. The van der Waals surface area contributed by atoms with Crippen LogP contribution in [-0.2, 0) is 13.6 Å². The maximum atomic E-state index is 4.54. The van der Waals surface area contributed by atoms with Crippen LogP contribution in [0.25, 0.3) is 0 Å². The number of rotatable bonds is 6. The maximum Gasteiger partial charge on any atom is 0.149 e. The highest BCUT2D eigenvalue weighted by atomic mass is 15.2. The maximum absolute atomic E-state index is 4.54. The Balaban J connectivity index is 2.03. The van der Waals surface area contributed by atoms with Crippen molar-refractivity contribution >= 4 is 11.6 Å². The van der Waals surface area contributed by atoms with E-state index in [9.17, 15) is 0 Å². The number of nitrogens with one attached hydrogen (secondary N) is 1. The third kappa shape index (κ3) is 3.67. The standard InChI is InChI=1S/C13H20N6/c1-4-5-15-12-7-14-8-13(17-12)18(2)9-11-6-16-19(3)10-11/h6-8,10H,4-5,9H2,1-3H3,(H,15,17). The van der Waals surface area contributed by atoms with Crippen LogP contribution in [0.2, 0.25) is 0 Å². The number of aromatic nitrogens is 4. The summed E-state index contributed by atoms with van der Waals surface area (Å²) in [6.07, 6.45) is 8.45. The predicted molar refractivity (Wildman–Crippen MR) is 76.1 cm³/mol. The van der Waals surface area contributed by atoms with E-state index < -0.39 is 0 Å². The van der Waals surface area contributed by atoms with Crippen molar-refractivity contribution in [2.75, 3.05) is 23.8 Å². The van der Waals surface area contributed by atoms with E-state index in [1.165, 1.54) is 0 Å². The second kappa shape index (κ2) is 6.17. The highest BCUT2D eigenvalue weighted by Gasteiger charge is 2.06. The lowest BCUT2D eigenvalue weighted by atomic mass is 10.3. The molecule has 2 aromatic heterocycles. The Morgan fingerprint density at radius 3 is 2.84 bits per heavy atom. The van der Waals surface area contributed by atoms with Crippen LogP contribution >= 0.6 is 0 Å². The van der Waals surface area contributed by atoms with Crippen molar-refractivity contribution in [1.29, 1.82) is 0 Å². The quantitative estimate of drug-likeness (QED) is 0.856. The fraction of sp³-hybridized carbons (Fsp3) is 0.462. The molecular formula is C13H20N6. The van der Waals surface area contributed by atoms with Gasteiger partial charge in [0, 0.05) is 38.9 Å². The molecule has 6 heteroatoms. The number of hydrogen-bond acceptors (Lipinski definition) is 5. The first-order valence-corrected chi connectivity index (χ1v) is 6.43. The summed E-state index contributed by atoms with van der Waals surface area (Å²) < 4.78 is 1.80. The third-order valence-corrected chi connectivity index (χ3v) is 2.75. The summed E-state index contributed by atoms with van der Waals surface area (Å²) in [6.45, 7) is 3.79. The number of anilines is 2. The van der Waals surface area contributed by atoms with Crippen molar-refractivity contribution in [3.63, 3.8) is 0 Å². The molecule has 0 aromatic carbocycles. The van der Waals surface area contributed by atoms with Crippen LogP contribution in [0.1, 0.15) is 18.9 Å². The van der Waals surface area contributed by atoms with Gasteiger partial charge in [0.1, 0.15) is 11.6 Å². The molecule has 0 aliphatic carbocycles. The van der Waals surface area contributed by atoms with Gasteiger partial charge in [-0.15, -0.1) is 0 Å². The molecule has 0 fully saturated rings. The molecule has 2 heterocycles. The smallest absolute Gasteiger partial charge is 0.149 e. The minimum Gasteiger partial charge on any atom is -0.369 e. The van der Waals surface area contributed by atoms with Crippen LogP contribution in [0.4, 0.5) is 11.6 Å². The van der Waals surface area contributed by atoms with Gasteiger partial charge >= 0.3 is 0 Å². The molecule has 1 N–H and O–H groups in total. The first kappa shape index (κ1) is 13.3. The topological polar surface area (TPSA) is 58.9 Å². The van der Waals surface area contributed by atoms with Crippen LogP contribution in [0.5, 0.6) is 0 Å². The molecule has 2 rings (SSSR count). The third-order valence-electron chi connectivity index (χ3n) is 2.75. The molecule has 19 heavy (non-hydrogen) atoms. The fourth-order valence-electron chi connectivity index (χ4n) is 1.79. The van der Waals surface area contributed by atoms with E-state index >= 15 is 0 Å². The Labute approximate surface area is 113 Å². The van der Waals surface area contributed by atoms with Crippen LogP contribution in [0.15, 0.2) is 24.8 Å². The van der Waals surface area contributed by atoms with Gasteiger partial charge in [0.2, 0.25) is 0 Å². The molecule has 0 aliphatic heterocycles. The molecule has 2 aromatic rings. The largest absolute Gasteiger partial charge is 0.369 e.